The van der Waals surface area contributed by atoms with Gasteiger partial charge in [-0.3, -0.25) is 4.79 Å². The molecule has 7 rings (SSSR count). The summed E-state index contributed by atoms with van der Waals surface area (Å²) in [5.41, 5.74) is -0.0783. The van der Waals surface area contributed by atoms with Crippen molar-refractivity contribution in [2.24, 2.45) is 29.6 Å². The summed E-state index contributed by atoms with van der Waals surface area (Å²) in [7, 11) is 0. The number of piperazine rings is 1. The minimum Gasteiger partial charge on any atom is -0.480 e. The number of carbonyl (C=O) groups is 4. The predicted octanol–water partition coefficient (Wildman–Crippen LogP) is 2.09. The molecule has 0 aromatic rings. The van der Waals surface area contributed by atoms with E-state index in [0.717, 1.165) is 67.8 Å². The minimum absolute atomic E-state index is 0.0441. The van der Waals surface area contributed by atoms with Gasteiger partial charge in [-0.2, -0.15) is 0 Å². The zero-order valence-electron chi connectivity index (χ0n) is 21.7. The number of carboxylic acid groups (broad SMARTS) is 1. The highest BCUT2D eigenvalue weighted by atomic mass is 16.4. The molecule has 204 valence electrons. The smallest absolute Gasteiger partial charge is 0.327 e. The van der Waals surface area contributed by atoms with Gasteiger partial charge in [0, 0.05) is 31.7 Å². The van der Waals surface area contributed by atoms with E-state index < -0.39 is 24.0 Å². The monoisotopic (exact) mass is 515 g/mol. The topological polar surface area (TPSA) is 122 Å². The molecule has 5 amide bonds. The molecular formula is C27H41N5O5. The lowest BCUT2D eigenvalue weighted by atomic mass is 9.65. The molecule has 4 saturated carbocycles. The van der Waals surface area contributed by atoms with Gasteiger partial charge in [-0.15, -0.1) is 0 Å². The third kappa shape index (κ3) is 4.70. The second-order valence-electron chi connectivity index (χ2n) is 12.7. The Kier molecular flexibility index (Phi) is 6.57. The van der Waals surface area contributed by atoms with Crippen LogP contribution in [0.4, 0.5) is 9.59 Å². The normalized spacial score (nSPS) is 37.8. The van der Waals surface area contributed by atoms with Crippen LogP contribution in [0.3, 0.4) is 0 Å². The van der Waals surface area contributed by atoms with Crippen LogP contribution >= 0.6 is 0 Å². The summed E-state index contributed by atoms with van der Waals surface area (Å²) in [6, 6.07) is -1.66. The van der Waals surface area contributed by atoms with Gasteiger partial charge >= 0.3 is 18.0 Å². The highest BCUT2D eigenvalue weighted by molar-refractivity contribution is 6.07. The molecule has 10 nitrogen and oxygen atoms in total. The molecule has 7 fully saturated rings. The highest BCUT2D eigenvalue weighted by Gasteiger charge is 2.56. The summed E-state index contributed by atoms with van der Waals surface area (Å²) in [4.78, 5) is 55.6. The van der Waals surface area contributed by atoms with Gasteiger partial charge < -0.3 is 25.5 Å². The molecule has 2 unspecified atom stereocenters. The molecule has 4 bridgehead atoms. The van der Waals surface area contributed by atoms with E-state index in [1.807, 2.05) is 0 Å². The number of hydrogen-bond donors (Lipinski definition) is 3. The number of likely N-dealkylation sites (tertiary alicyclic amines) is 1. The first-order valence-electron chi connectivity index (χ1n) is 14.4. The second kappa shape index (κ2) is 9.75. The summed E-state index contributed by atoms with van der Waals surface area (Å²) in [5.74, 6) is 0.521. The maximum atomic E-state index is 13.3. The Morgan fingerprint density at radius 1 is 0.919 bits per heavy atom. The van der Waals surface area contributed by atoms with Crippen molar-refractivity contribution in [2.45, 2.75) is 75.8 Å². The Morgan fingerprint density at radius 3 is 2.19 bits per heavy atom. The quantitative estimate of drug-likeness (QED) is 0.493. The summed E-state index contributed by atoms with van der Waals surface area (Å²) in [5, 5.41) is 16.5. The first-order valence-corrected chi connectivity index (χ1v) is 14.4. The van der Waals surface area contributed by atoms with Crippen molar-refractivity contribution in [3.05, 3.63) is 0 Å². The van der Waals surface area contributed by atoms with Gasteiger partial charge in [-0.25, -0.2) is 19.3 Å². The first kappa shape index (κ1) is 24.9. The Balaban J connectivity index is 1.03. The fourth-order valence-electron chi connectivity index (χ4n) is 8.62. The lowest BCUT2D eigenvalue weighted by molar-refractivity contribution is -0.167. The maximum Gasteiger partial charge on any atom is 0.327 e. The van der Waals surface area contributed by atoms with Gasteiger partial charge in [0.05, 0.1) is 5.92 Å². The average Bonchev–Trinajstić information content (AvgIpc) is 3.08. The summed E-state index contributed by atoms with van der Waals surface area (Å²) in [6.45, 7) is 3.16. The van der Waals surface area contributed by atoms with E-state index in [1.165, 1.54) is 30.6 Å². The molecule has 3 N–H and O–H groups in total. The third-order valence-corrected chi connectivity index (χ3v) is 10.3. The fourth-order valence-corrected chi connectivity index (χ4v) is 8.62. The van der Waals surface area contributed by atoms with Crippen molar-refractivity contribution in [1.82, 2.24) is 25.3 Å². The van der Waals surface area contributed by atoms with Gasteiger partial charge in [-0.05, 0) is 101 Å². The second-order valence-corrected chi connectivity index (χ2v) is 12.7. The number of hydrogen-bond acceptors (Lipinski definition) is 5. The zero-order chi connectivity index (χ0) is 25.7. The molecule has 6 atom stereocenters. The first-order chi connectivity index (χ1) is 17.8. The number of nitrogens with one attached hydrogen (secondary N) is 2. The number of carboxylic acids is 1. The van der Waals surface area contributed by atoms with Crippen LogP contribution in [0.15, 0.2) is 0 Å². The number of nitrogens with zero attached hydrogens (tertiary/aromatic N) is 3. The fraction of sp³-hybridized carbons (Fsp3) is 0.852. The molecule has 0 spiro atoms. The molecule has 0 radical (unpaired) electrons. The van der Waals surface area contributed by atoms with Gasteiger partial charge in [0.2, 0.25) is 5.91 Å². The Morgan fingerprint density at radius 2 is 1.54 bits per heavy atom. The van der Waals surface area contributed by atoms with Crippen molar-refractivity contribution in [3.63, 3.8) is 0 Å². The van der Waals surface area contributed by atoms with E-state index in [0.29, 0.717) is 38.5 Å². The lowest BCUT2D eigenvalue weighted by Gasteiger charge is -2.48. The van der Waals surface area contributed by atoms with E-state index in [4.69, 9.17) is 0 Å². The van der Waals surface area contributed by atoms with Crippen molar-refractivity contribution in [1.29, 1.82) is 0 Å². The van der Waals surface area contributed by atoms with Crippen LogP contribution in [0.25, 0.3) is 0 Å². The summed E-state index contributed by atoms with van der Waals surface area (Å²) in [6.07, 6.45) is 10.8. The molecule has 3 aliphatic heterocycles. The Bertz CT molecular complexity index is 929. The molecule has 0 aromatic carbocycles. The number of amides is 5. The molecular weight excluding hydrogens is 474 g/mol. The number of imide groups is 1. The minimum atomic E-state index is -1.11. The van der Waals surface area contributed by atoms with Gasteiger partial charge in [-0.1, -0.05) is 0 Å². The number of urea groups is 2. The van der Waals surface area contributed by atoms with Gasteiger partial charge in [0.15, 0.2) is 6.04 Å². The zero-order valence-corrected chi connectivity index (χ0v) is 21.7. The van der Waals surface area contributed by atoms with Gasteiger partial charge in [0.1, 0.15) is 0 Å². The van der Waals surface area contributed by atoms with Crippen LogP contribution in [-0.2, 0) is 9.59 Å². The van der Waals surface area contributed by atoms with Crippen molar-refractivity contribution >= 4 is 23.9 Å². The molecule has 37 heavy (non-hydrogen) atoms. The average molecular weight is 516 g/mol. The summed E-state index contributed by atoms with van der Waals surface area (Å²) >= 11 is 0. The van der Waals surface area contributed by atoms with Crippen LogP contribution in [0.1, 0.15) is 64.2 Å². The van der Waals surface area contributed by atoms with E-state index in [2.05, 4.69) is 10.6 Å². The Hall–Kier alpha value is -2.36. The van der Waals surface area contributed by atoms with Crippen LogP contribution in [0.2, 0.25) is 0 Å². The molecule has 10 heteroatoms. The van der Waals surface area contributed by atoms with Crippen LogP contribution in [-0.4, -0.2) is 94.6 Å². The van der Waals surface area contributed by atoms with E-state index in [9.17, 15) is 24.3 Å². The Labute approximate surface area is 218 Å². The number of rotatable bonds is 4. The largest absolute Gasteiger partial charge is 0.480 e. The summed E-state index contributed by atoms with van der Waals surface area (Å²) < 4.78 is 0. The molecule has 4 aliphatic carbocycles. The van der Waals surface area contributed by atoms with Gasteiger partial charge in [0.25, 0.3) is 0 Å². The van der Waals surface area contributed by atoms with Crippen LogP contribution in [0, 0.1) is 29.6 Å². The number of carbonyl (C=O) groups excluding carboxylic acids is 3. The van der Waals surface area contributed by atoms with Crippen molar-refractivity contribution < 1.29 is 24.3 Å². The molecule has 3 heterocycles. The molecule has 0 aromatic heterocycles. The van der Waals surface area contributed by atoms with E-state index in [1.54, 1.807) is 4.90 Å². The third-order valence-electron chi connectivity index (χ3n) is 10.3. The van der Waals surface area contributed by atoms with Crippen molar-refractivity contribution in [3.8, 4) is 0 Å². The highest BCUT2D eigenvalue weighted by Crippen LogP contribution is 2.53. The van der Waals surface area contributed by atoms with Crippen LogP contribution < -0.4 is 10.6 Å². The number of aliphatic carboxylic acids is 1. The number of β-lactam (4-membered cyclic amide) rings is 1. The number of fused-ring (bicyclic) bond motifs is 1. The maximum absolute atomic E-state index is 13.3. The van der Waals surface area contributed by atoms with Crippen LogP contribution in [0.5, 0.6) is 0 Å². The lowest BCUT2D eigenvalue weighted by Crippen LogP contribution is -2.70. The standard InChI is InChI=1S/C27H41N5O5/c33-23-21(14-17-2-5-28-6-3-17)22(24(34)35)32(23)26(37)31-9-7-30(8-10-31)25(36)29-27-4-1-18-11-19(15-27)13-20(12-18)16-27/h17-22,28H,1-16H2,(H,29,36)(H,34,35)/t18?,19-,20+,21-,22+,27?/m1/s1. The van der Waals surface area contributed by atoms with E-state index >= 15 is 0 Å². The van der Waals surface area contributed by atoms with E-state index in [-0.39, 0.29) is 17.5 Å². The van der Waals surface area contributed by atoms with Crippen molar-refractivity contribution in [2.75, 3.05) is 39.3 Å². The number of piperidine rings is 1. The molecule has 7 aliphatic rings. The predicted molar refractivity (Wildman–Crippen MR) is 135 cm³/mol. The molecule has 3 saturated heterocycles. The SMILES string of the molecule is O=C(O)[C@@H]1[C@@H](CC2CCNCC2)C(=O)N1C(=O)N1CCN(C(=O)NC23CCC4C[C@H](C[C@H](C4)C2)C3)CC1.